The predicted octanol–water partition coefficient (Wildman–Crippen LogP) is 2.11. The monoisotopic (exact) mass is 310 g/mol. The zero-order valence-corrected chi connectivity index (χ0v) is 13.3. The maximum atomic E-state index is 11.9. The van der Waals surface area contributed by atoms with Crippen molar-refractivity contribution in [3.8, 4) is 6.07 Å². The molecule has 0 unspecified atom stereocenters. The van der Waals surface area contributed by atoms with E-state index in [-0.39, 0.29) is 12.3 Å². The molecule has 0 atom stereocenters. The summed E-state index contributed by atoms with van der Waals surface area (Å²) < 4.78 is 0. The highest BCUT2D eigenvalue weighted by atomic mass is 16.1. The fraction of sp³-hybridized carbons (Fsp3) is 0.312. The van der Waals surface area contributed by atoms with Crippen LogP contribution in [-0.4, -0.2) is 27.6 Å². The Morgan fingerprint density at radius 2 is 2.04 bits per heavy atom. The summed E-state index contributed by atoms with van der Waals surface area (Å²) in [6, 6.07) is 7.54. The first-order chi connectivity index (χ1) is 11.0. The van der Waals surface area contributed by atoms with E-state index in [2.05, 4.69) is 31.9 Å². The van der Waals surface area contributed by atoms with Crippen molar-refractivity contribution in [2.24, 2.45) is 0 Å². The van der Waals surface area contributed by atoms with Crippen LogP contribution in [0.5, 0.6) is 0 Å². The number of hydrogen-bond donors (Lipinski definition) is 2. The number of aryl methyl sites for hydroxylation is 2. The summed E-state index contributed by atoms with van der Waals surface area (Å²) in [5, 5.41) is 22.9. The van der Waals surface area contributed by atoms with Gasteiger partial charge in [-0.25, -0.2) is 4.98 Å². The smallest absolute Gasteiger partial charge is 0.227 e. The highest BCUT2D eigenvalue weighted by molar-refractivity contribution is 5.90. The highest BCUT2D eigenvalue weighted by Crippen LogP contribution is 2.16. The second kappa shape index (κ2) is 7.31. The Bertz CT molecular complexity index is 766. The molecule has 0 bridgehead atoms. The van der Waals surface area contributed by atoms with Crippen molar-refractivity contribution < 1.29 is 4.79 Å². The number of anilines is 2. The first-order valence-corrected chi connectivity index (χ1v) is 7.22. The number of pyridine rings is 1. The molecule has 2 rings (SSSR count). The molecule has 1 amide bonds. The number of rotatable bonds is 5. The van der Waals surface area contributed by atoms with Crippen molar-refractivity contribution in [3.05, 3.63) is 40.7 Å². The van der Waals surface area contributed by atoms with Gasteiger partial charge in [-0.15, -0.1) is 5.10 Å². The second-order valence-electron chi connectivity index (χ2n) is 5.13. The van der Waals surface area contributed by atoms with Crippen molar-refractivity contribution in [2.75, 3.05) is 17.2 Å². The summed E-state index contributed by atoms with van der Waals surface area (Å²) in [6.45, 7) is 5.83. The Hall–Kier alpha value is -3.01. The summed E-state index contributed by atoms with van der Waals surface area (Å²) in [4.78, 5) is 16.1. The molecule has 0 radical (unpaired) electrons. The third kappa shape index (κ3) is 4.23. The van der Waals surface area contributed by atoms with Crippen molar-refractivity contribution in [2.45, 2.75) is 27.2 Å². The summed E-state index contributed by atoms with van der Waals surface area (Å²) in [5.74, 6) is 0.765. The highest BCUT2D eigenvalue weighted by Gasteiger charge is 2.11. The maximum absolute atomic E-state index is 11.9. The number of amides is 1. The standard InChI is InChI=1S/C16H18N6O/c1-10-5-4-6-14(19-10)20-15(23)7-8-18-16-13(9-17)11(2)12(3)21-22-16/h4-6H,7-8H2,1-3H3,(H,18,22)(H,19,20,23). The topological polar surface area (TPSA) is 104 Å². The van der Waals surface area contributed by atoms with Crippen molar-refractivity contribution >= 4 is 17.5 Å². The molecule has 2 aromatic heterocycles. The minimum atomic E-state index is -0.161. The Morgan fingerprint density at radius 3 is 2.74 bits per heavy atom. The molecule has 2 heterocycles. The lowest BCUT2D eigenvalue weighted by Crippen LogP contribution is -2.18. The molecule has 0 aliphatic carbocycles. The van der Waals surface area contributed by atoms with Crippen LogP contribution in [-0.2, 0) is 4.79 Å². The van der Waals surface area contributed by atoms with Crippen LogP contribution >= 0.6 is 0 Å². The van der Waals surface area contributed by atoms with Crippen molar-refractivity contribution in [3.63, 3.8) is 0 Å². The fourth-order valence-corrected chi connectivity index (χ4v) is 1.98. The first kappa shape index (κ1) is 16.4. The fourth-order valence-electron chi connectivity index (χ4n) is 1.98. The number of carbonyl (C=O) groups excluding carboxylic acids is 1. The Kier molecular flexibility index (Phi) is 5.20. The van der Waals surface area contributed by atoms with Gasteiger partial charge in [0, 0.05) is 18.7 Å². The second-order valence-corrected chi connectivity index (χ2v) is 5.13. The van der Waals surface area contributed by atoms with E-state index < -0.39 is 0 Å². The number of nitrogens with one attached hydrogen (secondary N) is 2. The van der Waals surface area contributed by atoms with Gasteiger partial charge < -0.3 is 10.6 Å². The molecule has 0 aliphatic heterocycles. The van der Waals surface area contributed by atoms with Gasteiger partial charge in [-0.05, 0) is 38.5 Å². The van der Waals surface area contributed by atoms with Crippen LogP contribution in [0.2, 0.25) is 0 Å². The van der Waals surface area contributed by atoms with Gasteiger partial charge in [0.1, 0.15) is 17.5 Å². The van der Waals surface area contributed by atoms with E-state index in [0.717, 1.165) is 17.0 Å². The van der Waals surface area contributed by atoms with E-state index in [1.807, 2.05) is 26.0 Å². The van der Waals surface area contributed by atoms with Crippen LogP contribution in [0.25, 0.3) is 0 Å². The molecule has 0 aromatic carbocycles. The van der Waals surface area contributed by atoms with Crippen LogP contribution < -0.4 is 10.6 Å². The molecule has 23 heavy (non-hydrogen) atoms. The number of carbonyl (C=O) groups is 1. The van der Waals surface area contributed by atoms with Gasteiger partial charge >= 0.3 is 0 Å². The molecule has 2 N–H and O–H groups in total. The number of nitrogens with zero attached hydrogens (tertiary/aromatic N) is 4. The normalized spacial score (nSPS) is 10.0. The van der Waals surface area contributed by atoms with Gasteiger partial charge in [0.15, 0.2) is 5.82 Å². The summed E-state index contributed by atoms with van der Waals surface area (Å²) in [5.41, 5.74) is 2.80. The molecule has 7 heteroatoms. The van der Waals surface area contributed by atoms with Crippen LogP contribution in [0.3, 0.4) is 0 Å². The van der Waals surface area contributed by atoms with Gasteiger partial charge in [-0.1, -0.05) is 6.07 Å². The molecule has 0 aliphatic rings. The van der Waals surface area contributed by atoms with Gasteiger partial charge in [-0.3, -0.25) is 4.79 Å². The third-order valence-corrected chi connectivity index (χ3v) is 3.37. The van der Waals surface area contributed by atoms with E-state index in [1.54, 1.807) is 13.0 Å². The summed E-state index contributed by atoms with van der Waals surface area (Å²) >= 11 is 0. The summed E-state index contributed by atoms with van der Waals surface area (Å²) in [7, 11) is 0. The van der Waals surface area contributed by atoms with Crippen LogP contribution in [0.4, 0.5) is 11.6 Å². The van der Waals surface area contributed by atoms with Gasteiger partial charge in [-0.2, -0.15) is 10.4 Å². The SMILES string of the molecule is Cc1cccc(NC(=O)CCNc2nnc(C)c(C)c2C#N)n1. The van der Waals surface area contributed by atoms with Crippen LogP contribution in [0.1, 0.15) is 28.9 Å². The molecule has 0 fully saturated rings. The van der Waals surface area contributed by atoms with Gasteiger partial charge in [0.05, 0.1) is 5.69 Å². The predicted molar refractivity (Wildman–Crippen MR) is 86.9 cm³/mol. The Balaban J connectivity index is 1.91. The lowest BCUT2D eigenvalue weighted by atomic mass is 10.1. The molecule has 0 spiro atoms. The third-order valence-electron chi connectivity index (χ3n) is 3.37. The van der Waals surface area contributed by atoms with Gasteiger partial charge in [0.2, 0.25) is 5.91 Å². The molecular weight excluding hydrogens is 292 g/mol. The van der Waals surface area contributed by atoms with Crippen LogP contribution in [0, 0.1) is 32.1 Å². The lowest BCUT2D eigenvalue weighted by Gasteiger charge is -2.09. The van der Waals surface area contributed by atoms with Crippen LogP contribution in [0.15, 0.2) is 18.2 Å². The lowest BCUT2D eigenvalue weighted by molar-refractivity contribution is -0.116. The molecule has 7 nitrogen and oxygen atoms in total. The molecule has 2 aromatic rings. The average molecular weight is 310 g/mol. The van der Waals surface area contributed by atoms with Crippen molar-refractivity contribution in [1.29, 1.82) is 5.26 Å². The minimum Gasteiger partial charge on any atom is -0.367 e. The maximum Gasteiger partial charge on any atom is 0.227 e. The Labute approximate surface area is 134 Å². The summed E-state index contributed by atoms with van der Waals surface area (Å²) in [6.07, 6.45) is 0.231. The number of nitriles is 1. The molecule has 118 valence electrons. The molecule has 0 saturated heterocycles. The minimum absolute atomic E-state index is 0.161. The Morgan fingerprint density at radius 1 is 1.26 bits per heavy atom. The average Bonchev–Trinajstić information content (AvgIpc) is 2.51. The van der Waals surface area contributed by atoms with E-state index in [4.69, 9.17) is 0 Å². The van der Waals surface area contributed by atoms with E-state index >= 15 is 0 Å². The van der Waals surface area contributed by atoms with Crippen molar-refractivity contribution in [1.82, 2.24) is 15.2 Å². The molecular formula is C16H18N6O. The quantitative estimate of drug-likeness (QED) is 0.876. The van der Waals surface area contributed by atoms with Gasteiger partial charge in [0.25, 0.3) is 0 Å². The molecule has 0 saturated carbocycles. The number of hydrogen-bond acceptors (Lipinski definition) is 6. The van der Waals surface area contributed by atoms with E-state index in [9.17, 15) is 10.1 Å². The largest absolute Gasteiger partial charge is 0.367 e. The number of aromatic nitrogens is 3. The first-order valence-electron chi connectivity index (χ1n) is 7.22. The van der Waals surface area contributed by atoms with E-state index in [0.29, 0.717) is 23.7 Å². The van der Waals surface area contributed by atoms with E-state index in [1.165, 1.54) is 0 Å². The zero-order valence-electron chi connectivity index (χ0n) is 13.3. The zero-order chi connectivity index (χ0) is 16.8.